The largest absolute Gasteiger partial charge is 0.289 e. The summed E-state index contributed by atoms with van der Waals surface area (Å²) < 4.78 is 0. The second kappa shape index (κ2) is 3.10. The first-order valence-electron chi connectivity index (χ1n) is 4.09. The highest BCUT2D eigenvalue weighted by molar-refractivity contribution is 6.08. The van der Waals surface area contributed by atoms with Crippen LogP contribution in [0.3, 0.4) is 0 Å². The molecule has 0 aromatic heterocycles. The van der Waals surface area contributed by atoms with Gasteiger partial charge in [-0.25, -0.2) is 0 Å². The van der Waals surface area contributed by atoms with Crippen LogP contribution in [-0.2, 0) is 4.79 Å². The van der Waals surface area contributed by atoms with Gasteiger partial charge in [0.15, 0.2) is 5.78 Å². The van der Waals surface area contributed by atoms with E-state index < -0.39 is 0 Å². The summed E-state index contributed by atoms with van der Waals surface area (Å²) >= 11 is 0. The lowest BCUT2D eigenvalue weighted by Crippen LogP contribution is -2.18. The molecule has 0 aromatic rings. The molecule has 64 valence electrons. The van der Waals surface area contributed by atoms with Gasteiger partial charge >= 0.3 is 0 Å². The van der Waals surface area contributed by atoms with Gasteiger partial charge in [-0.15, -0.1) is 0 Å². The number of allylic oxidation sites excluding steroid dienone is 4. The van der Waals surface area contributed by atoms with E-state index in [9.17, 15) is 4.79 Å². The SMILES string of the molecule is C=C(C)[C@@H]1CC=C(C)C(=O)C1=C. The van der Waals surface area contributed by atoms with Crippen molar-refractivity contribution < 1.29 is 4.79 Å². The molecule has 1 nitrogen and oxygen atoms in total. The van der Waals surface area contributed by atoms with E-state index in [1.165, 1.54) is 0 Å². The molecular formula is C11H14O. The first-order valence-corrected chi connectivity index (χ1v) is 4.09. The maximum Gasteiger partial charge on any atom is 0.184 e. The molecule has 1 heteroatoms. The van der Waals surface area contributed by atoms with Crippen molar-refractivity contribution in [3.63, 3.8) is 0 Å². The minimum absolute atomic E-state index is 0.0919. The third kappa shape index (κ3) is 1.40. The molecule has 1 atom stereocenters. The van der Waals surface area contributed by atoms with Crippen molar-refractivity contribution in [3.05, 3.63) is 36.0 Å². The van der Waals surface area contributed by atoms with Crippen LogP contribution in [0, 0.1) is 5.92 Å². The van der Waals surface area contributed by atoms with Gasteiger partial charge in [-0.05, 0) is 31.4 Å². The monoisotopic (exact) mass is 162 g/mol. The zero-order valence-corrected chi connectivity index (χ0v) is 7.68. The summed E-state index contributed by atoms with van der Waals surface area (Å²) in [5.41, 5.74) is 2.54. The van der Waals surface area contributed by atoms with Crippen LogP contribution in [0.1, 0.15) is 20.3 Å². The molecular weight excluding hydrogens is 148 g/mol. The molecule has 12 heavy (non-hydrogen) atoms. The zero-order valence-electron chi connectivity index (χ0n) is 7.68. The predicted molar refractivity (Wildman–Crippen MR) is 50.8 cm³/mol. The summed E-state index contributed by atoms with van der Waals surface area (Å²) in [5, 5.41) is 0. The van der Waals surface area contributed by atoms with Gasteiger partial charge in [-0.3, -0.25) is 4.79 Å². The van der Waals surface area contributed by atoms with Crippen LogP contribution in [0.15, 0.2) is 36.0 Å². The summed E-state index contributed by atoms with van der Waals surface area (Å²) in [4.78, 5) is 11.4. The second-order valence-electron chi connectivity index (χ2n) is 3.38. The molecule has 0 aromatic carbocycles. The molecule has 1 rings (SSSR count). The number of ketones is 1. The molecule has 1 aliphatic rings. The van der Waals surface area contributed by atoms with Gasteiger partial charge in [-0.1, -0.05) is 24.8 Å². The van der Waals surface area contributed by atoms with Crippen LogP contribution < -0.4 is 0 Å². The van der Waals surface area contributed by atoms with Crippen molar-refractivity contribution in [2.45, 2.75) is 20.3 Å². The molecule has 0 aliphatic heterocycles. The van der Waals surface area contributed by atoms with E-state index in [0.29, 0.717) is 5.57 Å². The maximum absolute atomic E-state index is 11.4. The Hall–Kier alpha value is -1.11. The van der Waals surface area contributed by atoms with Gasteiger partial charge in [0.1, 0.15) is 0 Å². The van der Waals surface area contributed by atoms with E-state index in [-0.39, 0.29) is 11.7 Å². The Morgan fingerprint density at radius 2 is 2.25 bits per heavy atom. The average molecular weight is 162 g/mol. The number of carbonyl (C=O) groups excluding carboxylic acids is 1. The topological polar surface area (TPSA) is 17.1 Å². The fourth-order valence-electron chi connectivity index (χ4n) is 1.44. The predicted octanol–water partition coefficient (Wildman–Crippen LogP) is 2.65. The van der Waals surface area contributed by atoms with Gasteiger partial charge < -0.3 is 0 Å². The summed E-state index contributed by atoms with van der Waals surface area (Å²) in [6.45, 7) is 11.4. The van der Waals surface area contributed by atoms with Crippen molar-refractivity contribution in [2.24, 2.45) is 5.92 Å². The van der Waals surface area contributed by atoms with Crippen LogP contribution in [0.4, 0.5) is 0 Å². The molecule has 0 saturated carbocycles. The first-order chi connectivity index (χ1) is 5.54. The van der Waals surface area contributed by atoms with Crippen molar-refractivity contribution in [3.8, 4) is 0 Å². The van der Waals surface area contributed by atoms with Gasteiger partial charge in [0.2, 0.25) is 0 Å². The molecule has 1 aliphatic carbocycles. The molecule has 0 unspecified atom stereocenters. The molecule has 0 heterocycles. The van der Waals surface area contributed by atoms with E-state index in [0.717, 1.165) is 17.6 Å². The van der Waals surface area contributed by atoms with E-state index in [1.807, 2.05) is 19.9 Å². The highest BCUT2D eigenvalue weighted by Crippen LogP contribution is 2.29. The Labute approximate surface area is 73.5 Å². The van der Waals surface area contributed by atoms with Crippen molar-refractivity contribution in [1.82, 2.24) is 0 Å². The standard InChI is InChI=1S/C11H14O/c1-7(2)10-6-5-8(3)11(12)9(10)4/h5,10H,1,4,6H2,2-3H3/t10-/m0/s1. The quantitative estimate of drug-likeness (QED) is 0.428. The molecule has 0 bridgehead atoms. The Kier molecular flexibility index (Phi) is 2.32. The highest BCUT2D eigenvalue weighted by atomic mass is 16.1. The fourth-order valence-corrected chi connectivity index (χ4v) is 1.44. The number of hydrogen-bond acceptors (Lipinski definition) is 1. The Morgan fingerprint density at radius 1 is 1.67 bits per heavy atom. The number of hydrogen-bond donors (Lipinski definition) is 0. The fraction of sp³-hybridized carbons (Fsp3) is 0.364. The zero-order chi connectivity index (χ0) is 9.30. The Morgan fingerprint density at radius 3 is 2.75 bits per heavy atom. The van der Waals surface area contributed by atoms with Gasteiger partial charge in [0, 0.05) is 5.92 Å². The summed E-state index contributed by atoms with van der Waals surface area (Å²) in [6.07, 6.45) is 2.85. The molecule has 0 N–H and O–H groups in total. The van der Waals surface area contributed by atoms with Crippen molar-refractivity contribution in [1.29, 1.82) is 0 Å². The molecule has 0 spiro atoms. The minimum atomic E-state index is 0.0919. The summed E-state index contributed by atoms with van der Waals surface area (Å²) in [7, 11) is 0. The maximum atomic E-state index is 11.4. The smallest absolute Gasteiger partial charge is 0.184 e. The third-order valence-corrected chi connectivity index (χ3v) is 2.33. The van der Waals surface area contributed by atoms with E-state index in [2.05, 4.69) is 13.2 Å². The van der Waals surface area contributed by atoms with Crippen LogP contribution in [0.2, 0.25) is 0 Å². The van der Waals surface area contributed by atoms with Crippen molar-refractivity contribution >= 4 is 5.78 Å². The highest BCUT2D eigenvalue weighted by Gasteiger charge is 2.23. The van der Waals surface area contributed by atoms with Crippen LogP contribution in [0.25, 0.3) is 0 Å². The molecule has 0 amide bonds. The van der Waals surface area contributed by atoms with Crippen molar-refractivity contribution in [2.75, 3.05) is 0 Å². The lowest BCUT2D eigenvalue weighted by atomic mass is 9.81. The van der Waals surface area contributed by atoms with Crippen LogP contribution in [0.5, 0.6) is 0 Å². The lowest BCUT2D eigenvalue weighted by Gasteiger charge is -2.22. The first kappa shape index (κ1) is 8.98. The summed E-state index contributed by atoms with van der Waals surface area (Å²) in [6, 6.07) is 0. The van der Waals surface area contributed by atoms with E-state index >= 15 is 0 Å². The number of carbonyl (C=O) groups is 1. The van der Waals surface area contributed by atoms with E-state index in [1.54, 1.807) is 0 Å². The van der Waals surface area contributed by atoms with Crippen LogP contribution in [-0.4, -0.2) is 5.78 Å². The van der Waals surface area contributed by atoms with Gasteiger partial charge in [-0.2, -0.15) is 0 Å². The normalized spacial score (nSPS) is 23.8. The third-order valence-electron chi connectivity index (χ3n) is 2.33. The average Bonchev–Trinajstić information content (AvgIpc) is 2.00. The number of rotatable bonds is 1. The molecule has 0 radical (unpaired) electrons. The second-order valence-corrected chi connectivity index (χ2v) is 3.38. The Balaban J connectivity index is 2.95. The van der Waals surface area contributed by atoms with Gasteiger partial charge in [0.05, 0.1) is 0 Å². The van der Waals surface area contributed by atoms with E-state index in [4.69, 9.17) is 0 Å². The minimum Gasteiger partial charge on any atom is -0.289 e. The molecule has 0 fully saturated rings. The van der Waals surface area contributed by atoms with Crippen LogP contribution >= 0.6 is 0 Å². The van der Waals surface area contributed by atoms with Gasteiger partial charge in [0.25, 0.3) is 0 Å². The number of Topliss-reactive ketones (excluding diaryl/α,β-unsaturated/α-hetero) is 1. The summed E-state index contributed by atoms with van der Waals surface area (Å²) in [5.74, 6) is 0.260. The lowest BCUT2D eigenvalue weighted by molar-refractivity contribution is -0.112. The Bertz CT molecular complexity index is 281. The molecule has 0 saturated heterocycles.